The topological polar surface area (TPSA) is 17.1 Å². The van der Waals surface area contributed by atoms with E-state index in [1.165, 1.54) is 0 Å². The Bertz CT molecular complexity index is 468. The summed E-state index contributed by atoms with van der Waals surface area (Å²) in [4.78, 5) is 10.8. The van der Waals surface area contributed by atoms with E-state index in [0.717, 1.165) is 18.2 Å². The molecule has 1 nitrogen and oxygen atoms in total. The molecule has 0 atom stereocenters. The van der Waals surface area contributed by atoms with Crippen molar-refractivity contribution >= 4 is 17.4 Å². The fraction of sp³-hybridized carbons (Fsp3) is 0.300. The van der Waals surface area contributed by atoms with Gasteiger partial charge in [0.2, 0.25) is 5.78 Å². The summed E-state index contributed by atoms with van der Waals surface area (Å²) in [5.41, 5.74) is -0.576. The average Bonchev–Trinajstić information content (AvgIpc) is 2.20. The van der Waals surface area contributed by atoms with Crippen molar-refractivity contribution in [3.63, 3.8) is 0 Å². The van der Waals surface area contributed by atoms with E-state index in [0.29, 0.717) is 0 Å². The first-order chi connectivity index (χ1) is 8.05. The first-order valence-corrected chi connectivity index (χ1v) is 4.85. The summed E-state index contributed by atoms with van der Waals surface area (Å²) < 4.78 is 73.9. The number of rotatable bonds is 3. The third kappa shape index (κ3) is 2.95. The minimum absolute atomic E-state index is 0.0636. The summed E-state index contributed by atoms with van der Waals surface area (Å²) in [5.74, 6) is -9.04. The first-order valence-electron chi connectivity index (χ1n) is 4.47. The number of Topliss-reactive ketones (excluding diaryl/α,β-unsaturated/α-hetero) is 1. The Hall–Kier alpha value is -1.24. The number of hydrogen-bond donors (Lipinski definition) is 0. The molecule has 0 saturated heterocycles. The van der Waals surface area contributed by atoms with Crippen LogP contribution in [0.25, 0.3) is 0 Å². The van der Waals surface area contributed by atoms with Crippen LogP contribution >= 0.6 is 11.6 Å². The molecule has 0 aliphatic carbocycles. The number of hydrogen-bond acceptors (Lipinski definition) is 1. The molecule has 8 heteroatoms. The van der Waals surface area contributed by atoms with Crippen LogP contribution in [0.1, 0.15) is 5.56 Å². The van der Waals surface area contributed by atoms with Gasteiger partial charge in [-0.3, -0.25) is 4.79 Å². The fourth-order valence-corrected chi connectivity index (χ4v) is 1.27. The van der Waals surface area contributed by atoms with E-state index in [4.69, 9.17) is 11.6 Å². The summed E-state index contributed by atoms with van der Waals surface area (Å²) in [6, 6.07) is 2.68. The van der Waals surface area contributed by atoms with Crippen molar-refractivity contribution in [1.82, 2.24) is 0 Å². The molecule has 0 N–H and O–H groups in total. The normalized spacial score (nSPS) is 12.6. The lowest BCUT2D eigenvalue weighted by molar-refractivity contribution is -0.268. The minimum atomic E-state index is -5.99. The smallest absolute Gasteiger partial charge is 0.292 e. The molecule has 100 valence electrons. The molecule has 0 fully saturated rings. The highest BCUT2D eigenvalue weighted by molar-refractivity contribution is 6.30. The molecule has 18 heavy (non-hydrogen) atoms. The molecule has 0 bridgehead atoms. The molecule has 1 aromatic rings. The highest BCUT2D eigenvalue weighted by Gasteiger charge is 2.62. The van der Waals surface area contributed by atoms with Crippen molar-refractivity contribution < 1.29 is 31.1 Å². The second kappa shape index (κ2) is 4.79. The lowest BCUT2D eigenvalue weighted by Gasteiger charge is -2.18. The summed E-state index contributed by atoms with van der Waals surface area (Å²) in [6.07, 6.45) is -7.36. The van der Waals surface area contributed by atoms with E-state index < -0.39 is 35.7 Å². The molecule has 0 aliphatic rings. The highest BCUT2D eigenvalue weighted by atomic mass is 35.5. The van der Waals surface area contributed by atoms with Crippen LogP contribution in [0.3, 0.4) is 0 Å². The molecule has 0 aromatic heterocycles. The van der Waals surface area contributed by atoms with Gasteiger partial charge in [0, 0.05) is 11.4 Å². The average molecular weight is 291 g/mol. The Kier molecular flexibility index (Phi) is 3.95. The monoisotopic (exact) mass is 290 g/mol. The Morgan fingerprint density at radius 1 is 1.17 bits per heavy atom. The SMILES string of the molecule is O=C(Cc1ccc(Cl)cc1F)C(F)(F)C(F)(F)F. The lowest BCUT2D eigenvalue weighted by Crippen LogP contribution is -2.44. The van der Waals surface area contributed by atoms with Crippen molar-refractivity contribution in [2.45, 2.75) is 18.5 Å². The van der Waals surface area contributed by atoms with Crippen LogP contribution in [-0.4, -0.2) is 17.9 Å². The Labute approximate surface area is 102 Å². The van der Waals surface area contributed by atoms with Gasteiger partial charge in [-0.05, 0) is 17.7 Å². The molecular formula is C10H5ClF6O. The van der Waals surface area contributed by atoms with Crippen molar-refractivity contribution in [2.75, 3.05) is 0 Å². The van der Waals surface area contributed by atoms with Gasteiger partial charge in [-0.1, -0.05) is 17.7 Å². The van der Waals surface area contributed by atoms with E-state index in [1.807, 2.05) is 0 Å². The summed E-state index contributed by atoms with van der Waals surface area (Å²) in [7, 11) is 0. The van der Waals surface area contributed by atoms with Crippen LogP contribution in [0.4, 0.5) is 26.3 Å². The van der Waals surface area contributed by atoms with Gasteiger partial charge in [0.1, 0.15) is 5.82 Å². The van der Waals surface area contributed by atoms with Gasteiger partial charge in [0.15, 0.2) is 0 Å². The van der Waals surface area contributed by atoms with Gasteiger partial charge in [-0.2, -0.15) is 22.0 Å². The van der Waals surface area contributed by atoms with Crippen LogP contribution in [0.2, 0.25) is 5.02 Å². The zero-order valence-electron chi connectivity index (χ0n) is 8.49. The quantitative estimate of drug-likeness (QED) is 0.774. The lowest BCUT2D eigenvalue weighted by atomic mass is 10.0. The second-order valence-corrected chi connectivity index (χ2v) is 3.84. The van der Waals surface area contributed by atoms with E-state index in [1.54, 1.807) is 0 Å². The zero-order valence-corrected chi connectivity index (χ0v) is 9.25. The maximum absolute atomic E-state index is 13.1. The van der Waals surface area contributed by atoms with Crippen LogP contribution in [-0.2, 0) is 11.2 Å². The van der Waals surface area contributed by atoms with Crippen molar-refractivity contribution in [3.05, 3.63) is 34.6 Å². The Morgan fingerprint density at radius 3 is 2.17 bits per heavy atom. The number of benzene rings is 1. The van der Waals surface area contributed by atoms with E-state index in [9.17, 15) is 31.1 Å². The molecular weight excluding hydrogens is 286 g/mol. The van der Waals surface area contributed by atoms with Crippen LogP contribution in [0, 0.1) is 5.82 Å². The van der Waals surface area contributed by atoms with Crippen molar-refractivity contribution in [3.8, 4) is 0 Å². The predicted octanol–water partition coefficient (Wildman–Crippen LogP) is 3.79. The van der Waals surface area contributed by atoms with Crippen molar-refractivity contribution in [1.29, 1.82) is 0 Å². The van der Waals surface area contributed by atoms with Gasteiger partial charge < -0.3 is 0 Å². The van der Waals surface area contributed by atoms with Gasteiger partial charge in [-0.15, -0.1) is 0 Å². The van der Waals surface area contributed by atoms with Gasteiger partial charge in [-0.25, -0.2) is 4.39 Å². The van der Waals surface area contributed by atoms with Crippen LogP contribution in [0.5, 0.6) is 0 Å². The highest BCUT2D eigenvalue weighted by Crippen LogP contribution is 2.37. The van der Waals surface area contributed by atoms with Gasteiger partial charge in [0.25, 0.3) is 0 Å². The largest absolute Gasteiger partial charge is 0.461 e. The molecule has 0 amide bonds. The molecule has 1 rings (SSSR count). The molecule has 0 aliphatic heterocycles. The maximum Gasteiger partial charge on any atom is 0.461 e. The molecule has 0 unspecified atom stereocenters. The van der Waals surface area contributed by atoms with E-state index in [-0.39, 0.29) is 5.02 Å². The Balaban J connectivity index is 2.95. The molecule has 0 heterocycles. The third-order valence-corrected chi connectivity index (χ3v) is 2.31. The molecule has 1 aromatic carbocycles. The molecule has 0 saturated carbocycles. The fourth-order valence-electron chi connectivity index (χ4n) is 1.11. The standard InChI is InChI=1S/C10H5ClF6O/c11-6-2-1-5(7(12)4-6)3-8(18)9(13,14)10(15,16)17/h1-2,4H,3H2. The van der Waals surface area contributed by atoms with Gasteiger partial charge in [0.05, 0.1) is 0 Å². The maximum atomic E-state index is 13.1. The van der Waals surface area contributed by atoms with E-state index >= 15 is 0 Å². The number of ketones is 1. The third-order valence-electron chi connectivity index (χ3n) is 2.07. The predicted molar refractivity (Wildman–Crippen MR) is 51.1 cm³/mol. The molecule has 0 spiro atoms. The number of carbonyl (C=O) groups is 1. The minimum Gasteiger partial charge on any atom is -0.292 e. The summed E-state index contributed by atoms with van der Waals surface area (Å²) >= 11 is 5.36. The van der Waals surface area contributed by atoms with Gasteiger partial charge >= 0.3 is 12.1 Å². The first kappa shape index (κ1) is 14.8. The van der Waals surface area contributed by atoms with Crippen LogP contribution < -0.4 is 0 Å². The Morgan fingerprint density at radius 2 is 1.72 bits per heavy atom. The van der Waals surface area contributed by atoms with E-state index in [2.05, 4.69) is 0 Å². The molecule has 0 radical (unpaired) electrons. The summed E-state index contributed by atoms with van der Waals surface area (Å²) in [6.45, 7) is 0. The second-order valence-electron chi connectivity index (χ2n) is 3.41. The zero-order chi connectivity index (χ0) is 14.1. The summed E-state index contributed by atoms with van der Waals surface area (Å²) in [5, 5.41) is -0.0636. The number of halogens is 7. The number of carbonyl (C=O) groups excluding carboxylic acids is 1. The van der Waals surface area contributed by atoms with Crippen LogP contribution in [0.15, 0.2) is 18.2 Å². The number of alkyl halides is 5. The van der Waals surface area contributed by atoms with Crippen molar-refractivity contribution in [2.24, 2.45) is 0 Å².